The second kappa shape index (κ2) is 26.6. The third-order valence-corrected chi connectivity index (χ3v) is 12.6. The van der Waals surface area contributed by atoms with Gasteiger partial charge in [0, 0.05) is 23.5 Å². The molecule has 27 heteroatoms. The summed E-state index contributed by atoms with van der Waals surface area (Å²) in [5.74, 6) is -2.62. The minimum absolute atomic E-state index is 0.0170. The fraction of sp³-hybridized carbons (Fsp3) is 0.435. The average molecular weight is 1070 g/mol. The minimum atomic E-state index is -1.07. The topological polar surface area (TPSA) is 392 Å². The molecule has 0 radical (unpaired) electrons. The lowest BCUT2D eigenvalue weighted by molar-refractivity contribution is -0.191. The van der Waals surface area contributed by atoms with Crippen LogP contribution in [0.3, 0.4) is 0 Å². The SMILES string of the molecule is CCOC(=O)C(Br)C(=O)OCC.N#CCC(C1CCCC1)n1cc(-c2nc(N)nn3c(C(N)=O)ccc23)cn1.N#CCC(C1CCCC1)n1cc(-c2nc(NCC(=O)O)nn3c(C(N)=O)ccc23)cn1.O=C=O. The number of primary amides is 2. The molecule has 26 nitrogen and oxygen atoms in total. The van der Waals surface area contributed by atoms with Crippen LogP contribution in [-0.4, -0.2) is 114 Å². The van der Waals surface area contributed by atoms with Gasteiger partial charge >= 0.3 is 24.1 Å². The first-order chi connectivity index (χ1) is 35.1. The fourth-order valence-corrected chi connectivity index (χ4v) is 8.93. The Morgan fingerprint density at radius 1 is 0.753 bits per heavy atom. The van der Waals surface area contributed by atoms with Gasteiger partial charge in [0.15, 0.2) is 0 Å². The molecule has 8 N–H and O–H groups in total. The Balaban J connectivity index is 0.000000214. The van der Waals surface area contributed by atoms with Crippen LogP contribution in [0.5, 0.6) is 0 Å². The van der Waals surface area contributed by atoms with Crippen molar-refractivity contribution in [1.29, 1.82) is 10.5 Å². The van der Waals surface area contributed by atoms with Gasteiger partial charge in [0.25, 0.3) is 11.8 Å². The Bertz CT molecular complexity index is 3010. The number of carboxylic acid groups (broad SMARTS) is 1. The van der Waals surface area contributed by atoms with Crippen LogP contribution in [-0.2, 0) is 33.4 Å². The largest absolute Gasteiger partial charge is 0.480 e. The van der Waals surface area contributed by atoms with Crippen LogP contribution in [0, 0.1) is 34.5 Å². The van der Waals surface area contributed by atoms with Gasteiger partial charge in [0.05, 0.1) is 73.7 Å². The summed E-state index contributed by atoms with van der Waals surface area (Å²) in [6.45, 7) is 3.45. The molecule has 2 saturated carbocycles. The molecular weight excluding hydrogens is 1020 g/mol. The Labute approximate surface area is 424 Å². The molecule has 0 aliphatic heterocycles. The molecule has 0 bridgehead atoms. The van der Waals surface area contributed by atoms with Crippen LogP contribution < -0.4 is 22.5 Å². The number of esters is 2. The number of nitrogens with zero attached hydrogens (tertiary/aromatic N) is 12. The molecule has 8 rings (SSSR count). The van der Waals surface area contributed by atoms with Crippen LogP contribution in [0.2, 0.25) is 0 Å². The highest BCUT2D eigenvalue weighted by Gasteiger charge is 2.30. The number of nitrogens with one attached hydrogen (secondary N) is 1. The van der Waals surface area contributed by atoms with E-state index in [4.69, 9.17) is 31.9 Å². The Kier molecular flexibility index (Phi) is 20.2. The summed E-state index contributed by atoms with van der Waals surface area (Å²) in [5.41, 5.74) is 20.7. The van der Waals surface area contributed by atoms with Gasteiger partial charge in [-0.05, 0) is 75.6 Å². The summed E-state index contributed by atoms with van der Waals surface area (Å²) in [4.78, 5) is 80.2. The lowest BCUT2D eigenvalue weighted by Crippen LogP contribution is -2.28. The summed E-state index contributed by atoms with van der Waals surface area (Å²) in [6.07, 6.45) is 17.2. The van der Waals surface area contributed by atoms with Gasteiger partial charge in [-0.1, -0.05) is 41.6 Å². The van der Waals surface area contributed by atoms with Gasteiger partial charge in [-0.3, -0.25) is 33.3 Å². The highest BCUT2D eigenvalue weighted by Crippen LogP contribution is 2.38. The van der Waals surface area contributed by atoms with Gasteiger partial charge in [-0.25, -0.2) is 19.0 Å². The number of carboxylic acids is 1. The van der Waals surface area contributed by atoms with Crippen LogP contribution in [0.15, 0.2) is 49.1 Å². The molecule has 6 heterocycles. The number of alkyl halides is 1. The van der Waals surface area contributed by atoms with Gasteiger partial charge < -0.3 is 37.1 Å². The predicted molar refractivity (Wildman–Crippen MR) is 259 cm³/mol. The molecule has 6 aromatic rings. The zero-order valence-electron chi connectivity index (χ0n) is 39.8. The van der Waals surface area contributed by atoms with E-state index >= 15 is 0 Å². The zero-order chi connectivity index (χ0) is 53.2. The number of fused-ring (bicyclic) bond motifs is 2. The quantitative estimate of drug-likeness (QED) is 0.0488. The van der Waals surface area contributed by atoms with E-state index in [1.165, 1.54) is 27.9 Å². The third-order valence-electron chi connectivity index (χ3n) is 11.8. The molecule has 73 heavy (non-hydrogen) atoms. The summed E-state index contributed by atoms with van der Waals surface area (Å²) in [5, 5.41) is 47.4. The number of aromatic nitrogens is 10. The smallest absolute Gasteiger partial charge is 0.373 e. The van der Waals surface area contributed by atoms with Crippen molar-refractivity contribution in [2.45, 2.75) is 95.0 Å². The third kappa shape index (κ3) is 14.1. The van der Waals surface area contributed by atoms with Crippen LogP contribution in [0.25, 0.3) is 33.5 Å². The van der Waals surface area contributed by atoms with E-state index in [-0.39, 0.29) is 61.3 Å². The van der Waals surface area contributed by atoms with Crippen molar-refractivity contribution in [2.75, 3.05) is 30.8 Å². The van der Waals surface area contributed by atoms with E-state index in [2.05, 4.69) is 73.2 Å². The monoisotopic (exact) mass is 1070 g/mol. The van der Waals surface area contributed by atoms with Crippen molar-refractivity contribution in [3.05, 3.63) is 60.4 Å². The van der Waals surface area contributed by atoms with Gasteiger partial charge in [-0.2, -0.15) is 30.3 Å². The number of anilines is 2. The molecule has 6 aromatic heterocycles. The predicted octanol–water partition coefficient (Wildman–Crippen LogP) is 4.04. The molecule has 2 aliphatic rings. The number of amides is 2. The highest BCUT2D eigenvalue weighted by molar-refractivity contribution is 9.10. The Morgan fingerprint density at radius 2 is 1.18 bits per heavy atom. The fourth-order valence-electron chi connectivity index (χ4n) is 8.67. The van der Waals surface area contributed by atoms with Gasteiger partial charge in [-0.15, -0.1) is 10.2 Å². The molecule has 384 valence electrons. The maximum Gasteiger partial charge on any atom is 0.373 e. The number of rotatable bonds is 17. The zero-order valence-corrected chi connectivity index (χ0v) is 41.4. The van der Waals surface area contributed by atoms with E-state index in [0.717, 1.165) is 44.1 Å². The number of carbonyl (C=O) groups is 5. The number of ether oxygens (including phenoxy) is 2. The second-order valence-corrected chi connectivity index (χ2v) is 17.3. The van der Waals surface area contributed by atoms with E-state index in [1.807, 2.05) is 21.8 Å². The minimum Gasteiger partial charge on any atom is -0.480 e. The lowest BCUT2D eigenvalue weighted by atomic mass is 9.96. The number of hydrogen-bond acceptors (Lipinski definition) is 19. The molecule has 2 unspecified atom stereocenters. The second-order valence-electron chi connectivity index (χ2n) is 16.4. The number of nitrogen functional groups attached to an aromatic ring is 1. The number of nitriles is 2. The summed E-state index contributed by atoms with van der Waals surface area (Å²) < 4.78 is 15.6. The number of hydrogen-bond donors (Lipinski definition) is 5. The van der Waals surface area contributed by atoms with Crippen molar-refractivity contribution in [3.8, 4) is 34.7 Å². The molecule has 2 amide bonds. The summed E-state index contributed by atoms with van der Waals surface area (Å²) >= 11 is 2.86. The van der Waals surface area contributed by atoms with E-state index in [9.17, 15) is 34.5 Å². The lowest BCUT2D eigenvalue weighted by Gasteiger charge is -2.21. The van der Waals surface area contributed by atoms with E-state index < -0.39 is 34.5 Å². The highest BCUT2D eigenvalue weighted by atomic mass is 79.9. The average Bonchev–Trinajstić information content (AvgIpc) is 4.23. The van der Waals surface area contributed by atoms with Crippen molar-refractivity contribution in [1.82, 2.24) is 48.8 Å². The van der Waals surface area contributed by atoms with Gasteiger partial charge in [0.2, 0.25) is 16.7 Å². The van der Waals surface area contributed by atoms with Gasteiger partial charge in [0.1, 0.15) is 29.3 Å². The van der Waals surface area contributed by atoms with Crippen molar-refractivity contribution in [3.63, 3.8) is 0 Å². The molecule has 0 aromatic carbocycles. The first-order valence-corrected chi connectivity index (χ1v) is 23.9. The summed E-state index contributed by atoms with van der Waals surface area (Å²) in [7, 11) is 0. The van der Waals surface area contributed by atoms with E-state index in [0.29, 0.717) is 52.7 Å². The molecule has 2 atom stereocenters. The van der Waals surface area contributed by atoms with Crippen LogP contribution in [0.1, 0.15) is 111 Å². The van der Waals surface area contributed by atoms with Crippen molar-refractivity contribution in [2.24, 2.45) is 23.3 Å². The van der Waals surface area contributed by atoms with Crippen LogP contribution >= 0.6 is 15.9 Å². The first kappa shape index (κ1) is 55.4. The maximum atomic E-state index is 11.8. The van der Waals surface area contributed by atoms with E-state index in [1.54, 1.807) is 44.4 Å². The number of halogens is 1. The molecule has 0 spiro atoms. The molecule has 2 fully saturated rings. The Hall–Kier alpha value is -8.55. The molecular formula is C46H53BrN16O10. The van der Waals surface area contributed by atoms with Crippen molar-refractivity contribution >= 4 is 74.7 Å². The van der Waals surface area contributed by atoms with Crippen LogP contribution in [0.4, 0.5) is 11.9 Å². The molecule has 2 aliphatic carbocycles. The van der Waals surface area contributed by atoms with Crippen molar-refractivity contribution < 1.29 is 48.1 Å². The first-order valence-electron chi connectivity index (χ1n) is 23.0. The maximum absolute atomic E-state index is 11.8. The normalized spacial score (nSPS) is 13.9. The Morgan fingerprint density at radius 3 is 1.58 bits per heavy atom. The molecule has 0 saturated heterocycles. The number of aliphatic carboxylic acids is 1. The summed E-state index contributed by atoms with van der Waals surface area (Å²) in [6, 6.07) is 11.1. The standard InChI is InChI=1S/C20H22N8O3.C18H20N8O.C7H11BrO4.CO2/c21-8-7-14(12-3-1-2-4-12)27-11-13(9-24-27)18-15-5-6-16(19(22)31)28(15)26-20(25-18)23-10-17(29)30;19-8-7-13(11-3-1-2-4-11)25-10-12(9-22-25)16-14-5-6-15(17(20)27)26(14)24-18(21)23-16;1-3-11-6(9)5(8)7(10)12-4-2;2-1-3/h5-6,9,11-12,14H,1-4,7,10H2,(H2,22,31)(H,23,26)(H,29,30);5-6,9-11,13H,1-4,7H2,(H2,20,27)(H2,21,24);5H,3-4H2,1-2H3;. The number of carbonyl (C=O) groups excluding carboxylic acids is 6. The number of nitrogens with two attached hydrogens (primary N) is 3.